The van der Waals surface area contributed by atoms with Gasteiger partial charge in [-0.3, -0.25) is 4.90 Å². The van der Waals surface area contributed by atoms with Crippen molar-refractivity contribution in [2.45, 2.75) is 58.5 Å². The van der Waals surface area contributed by atoms with E-state index in [0.717, 1.165) is 55.2 Å². The van der Waals surface area contributed by atoms with Crippen LogP contribution in [0.4, 0.5) is 0 Å². The lowest BCUT2D eigenvalue weighted by atomic mass is 9.83. The number of fused-ring (bicyclic) bond motifs is 4. The summed E-state index contributed by atoms with van der Waals surface area (Å²) in [6.45, 7) is 7.05. The molecule has 0 fully saturated rings. The van der Waals surface area contributed by atoms with Crippen LogP contribution in [0.25, 0.3) is 0 Å². The van der Waals surface area contributed by atoms with E-state index in [4.69, 9.17) is 9.47 Å². The smallest absolute Gasteiger partial charge is 0.165 e. The van der Waals surface area contributed by atoms with Gasteiger partial charge in [0.1, 0.15) is 0 Å². The first-order valence-corrected chi connectivity index (χ1v) is 11.7. The van der Waals surface area contributed by atoms with Crippen molar-refractivity contribution in [3.63, 3.8) is 0 Å². The van der Waals surface area contributed by atoms with Crippen LogP contribution in [0.1, 0.15) is 61.4 Å². The summed E-state index contributed by atoms with van der Waals surface area (Å²) >= 11 is 3.66. The lowest BCUT2D eigenvalue weighted by Crippen LogP contribution is -2.39. The van der Waals surface area contributed by atoms with Crippen molar-refractivity contribution in [1.82, 2.24) is 4.90 Å². The molecule has 0 aromatic heterocycles. The Morgan fingerprint density at radius 1 is 1.03 bits per heavy atom. The predicted molar refractivity (Wildman–Crippen MR) is 121 cm³/mol. The number of rotatable bonds is 7. The molecule has 4 rings (SSSR count). The van der Waals surface area contributed by atoms with Crippen LogP contribution in [0.2, 0.25) is 0 Å². The minimum Gasteiger partial charge on any atom is -0.504 e. The minimum absolute atomic E-state index is 0.191. The van der Waals surface area contributed by atoms with Crippen molar-refractivity contribution in [2.75, 3.05) is 19.8 Å². The number of phenols is 2. The summed E-state index contributed by atoms with van der Waals surface area (Å²) in [5.41, 5.74) is 4.67. The molecule has 2 aliphatic heterocycles. The van der Waals surface area contributed by atoms with Gasteiger partial charge in [0, 0.05) is 29.2 Å². The molecule has 0 amide bonds. The van der Waals surface area contributed by atoms with Crippen molar-refractivity contribution in [1.29, 1.82) is 0 Å². The summed E-state index contributed by atoms with van der Waals surface area (Å²) in [4.78, 5) is 2.43. The fraction of sp³-hybridized carbons (Fsp3) is 0.500. The zero-order chi connectivity index (χ0) is 21.3. The molecule has 0 saturated heterocycles. The number of benzene rings is 2. The molecule has 6 heteroatoms. The fourth-order valence-electron chi connectivity index (χ4n) is 4.50. The largest absolute Gasteiger partial charge is 0.504 e. The number of halogens is 1. The summed E-state index contributed by atoms with van der Waals surface area (Å²) < 4.78 is 12.6. The molecule has 0 unspecified atom stereocenters. The van der Waals surface area contributed by atoms with Crippen LogP contribution < -0.4 is 9.47 Å². The van der Waals surface area contributed by atoms with E-state index < -0.39 is 0 Å². The molecule has 0 bridgehead atoms. The lowest BCUT2D eigenvalue weighted by molar-refractivity contribution is 0.155. The summed E-state index contributed by atoms with van der Waals surface area (Å²) in [7, 11) is 0. The maximum Gasteiger partial charge on any atom is 0.165 e. The van der Waals surface area contributed by atoms with E-state index in [-0.39, 0.29) is 17.5 Å². The molecule has 0 radical (unpaired) electrons. The van der Waals surface area contributed by atoms with Gasteiger partial charge in [-0.2, -0.15) is 0 Å². The van der Waals surface area contributed by atoms with Gasteiger partial charge in [-0.15, -0.1) is 0 Å². The predicted octanol–water partition coefficient (Wildman–Crippen LogP) is 5.48. The van der Waals surface area contributed by atoms with Gasteiger partial charge in [0.15, 0.2) is 23.0 Å². The zero-order valence-corrected chi connectivity index (χ0v) is 19.3. The molecule has 2 aliphatic rings. The number of ether oxygens (including phenoxy) is 2. The van der Waals surface area contributed by atoms with Gasteiger partial charge >= 0.3 is 0 Å². The SMILES string of the molecule is CCCCOc1c(O)cc(Br)c2c1CN1CCc3cc(OCCC)c(O)cc3[C@@H]1C2. The Kier molecular flexibility index (Phi) is 6.44. The number of phenolic OH excluding ortho intramolecular Hbond substituents is 2. The highest BCUT2D eigenvalue weighted by molar-refractivity contribution is 9.10. The van der Waals surface area contributed by atoms with Crippen molar-refractivity contribution < 1.29 is 19.7 Å². The number of hydrogen-bond acceptors (Lipinski definition) is 5. The Labute approximate surface area is 186 Å². The molecular weight excluding hydrogens is 446 g/mol. The van der Waals surface area contributed by atoms with E-state index >= 15 is 0 Å². The third-order valence-corrected chi connectivity index (χ3v) is 6.78. The maximum atomic E-state index is 10.5. The molecule has 1 atom stereocenters. The standard InChI is InChI=1S/C24H30BrNO4/c1-3-5-9-30-24-18-14-26-7-6-15-10-23(29-8-4-2)21(27)12-16(15)20(26)11-17(18)19(25)13-22(24)28/h10,12-13,20,27-28H,3-9,11,14H2,1-2H3/t20-/m0/s1. The number of unbranched alkanes of at least 4 members (excludes halogenated alkanes) is 1. The molecule has 162 valence electrons. The molecule has 2 aromatic rings. The Morgan fingerprint density at radius 3 is 2.63 bits per heavy atom. The van der Waals surface area contributed by atoms with Crippen LogP contribution in [0.5, 0.6) is 23.0 Å². The third-order valence-electron chi connectivity index (χ3n) is 6.08. The first kappa shape index (κ1) is 21.3. The Balaban J connectivity index is 1.67. The highest BCUT2D eigenvalue weighted by Gasteiger charge is 2.36. The first-order valence-electron chi connectivity index (χ1n) is 10.9. The normalized spacial score (nSPS) is 17.8. The number of aromatic hydroxyl groups is 2. The molecule has 2 N–H and O–H groups in total. The molecule has 2 heterocycles. The highest BCUT2D eigenvalue weighted by atomic mass is 79.9. The molecule has 2 aromatic carbocycles. The number of nitrogens with zero attached hydrogens (tertiary/aromatic N) is 1. The van der Waals surface area contributed by atoms with Gasteiger partial charge in [0.25, 0.3) is 0 Å². The second-order valence-corrected chi connectivity index (χ2v) is 9.03. The van der Waals surface area contributed by atoms with Gasteiger partial charge in [0.05, 0.1) is 13.2 Å². The van der Waals surface area contributed by atoms with Crippen LogP contribution in [0.3, 0.4) is 0 Å². The van der Waals surface area contributed by atoms with Crippen molar-refractivity contribution in [3.8, 4) is 23.0 Å². The van der Waals surface area contributed by atoms with Crippen LogP contribution in [-0.4, -0.2) is 34.9 Å². The fourth-order valence-corrected chi connectivity index (χ4v) is 5.12. The lowest BCUT2D eigenvalue weighted by Gasteiger charge is -2.42. The van der Waals surface area contributed by atoms with Gasteiger partial charge in [0.2, 0.25) is 0 Å². The topological polar surface area (TPSA) is 62.2 Å². The summed E-state index contributed by atoms with van der Waals surface area (Å²) in [5, 5.41) is 21.0. The van der Waals surface area contributed by atoms with Crippen molar-refractivity contribution in [3.05, 3.63) is 44.9 Å². The molecule has 0 spiro atoms. The van der Waals surface area contributed by atoms with Crippen LogP contribution in [0, 0.1) is 0 Å². The quantitative estimate of drug-likeness (QED) is 0.518. The Morgan fingerprint density at radius 2 is 1.87 bits per heavy atom. The Hall–Kier alpha value is -1.92. The monoisotopic (exact) mass is 475 g/mol. The first-order chi connectivity index (χ1) is 14.5. The van der Waals surface area contributed by atoms with E-state index in [9.17, 15) is 10.2 Å². The summed E-state index contributed by atoms with van der Waals surface area (Å²) in [5.74, 6) is 1.61. The minimum atomic E-state index is 0.191. The maximum absolute atomic E-state index is 10.5. The van der Waals surface area contributed by atoms with Crippen LogP contribution in [-0.2, 0) is 19.4 Å². The van der Waals surface area contributed by atoms with Gasteiger partial charge in [-0.25, -0.2) is 0 Å². The van der Waals surface area contributed by atoms with E-state index in [1.807, 2.05) is 12.1 Å². The van der Waals surface area contributed by atoms with Gasteiger partial charge in [-0.1, -0.05) is 36.2 Å². The van der Waals surface area contributed by atoms with E-state index in [2.05, 4.69) is 34.7 Å². The molecular formula is C24H30BrNO4. The highest BCUT2D eigenvalue weighted by Crippen LogP contribution is 2.47. The molecule has 0 saturated carbocycles. The van der Waals surface area contributed by atoms with Crippen LogP contribution >= 0.6 is 15.9 Å². The van der Waals surface area contributed by atoms with Crippen LogP contribution in [0.15, 0.2) is 22.7 Å². The van der Waals surface area contributed by atoms with E-state index in [1.54, 1.807) is 6.07 Å². The summed E-state index contributed by atoms with van der Waals surface area (Å²) in [6.07, 6.45) is 4.65. The molecule has 5 nitrogen and oxygen atoms in total. The average molecular weight is 476 g/mol. The second-order valence-electron chi connectivity index (χ2n) is 8.17. The molecule has 0 aliphatic carbocycles. The zero-order valence-electron chi connectivity index (χ0n) is 17.7. The van der Waals surface area contributed by atoms with Crippen molar-refractivity contribution in [2.24, 2.45) is 0 Å². The Bertz CT molecular complexity index is 930. The van der Waals surface area contributed by atoms with Gasteiger partial charge < -0.3 is 19.7 Å². The van der Waals surface area contributed by atoms with Gasteiger partial charge in [-0.05, 0) is 60.6 Å². The third kappa shape index (κ3) is 4.00. The van der Waals surface area contributed by atoms with E-state index in [0.29, 0.717) is 24.7 Å². The molecule has 30 heavy (non-hydrogen) atoms. The number of hydrogen-bond donors (Lipinski definition) is 2. The van der Waals surface area contributed by atoms with Crippen molar-refractivity contribution >= 4 is 15.9 Å². The van der Waals surface area contributed by atoms with E-state index in [1.165, 1.54) is 16.7 Å². The average Bonchev–Trinajstić information content (AvgIpc) is 2.73. The summed E-state index contributed by atoms with van der Waals surface area (Å²) in [6, 6.07) is 5.84. The second kappa shape index (κ2) is 9.06.